The van der Waals surface area contributed by atoms with Gasteiger partial charge in [-0.25, -0.2) is 8.42 Å². The molecule has 1 atom stereocenters. The predicted octanol–water partition coefficient (Wildman–Crippen LogP) is 3.44. The fraction of sp³-hybridized carbons (Fsp3) is 0.375. The van der Waals surface area contributed by atoms with Gasteiger partial charge in [0.25, 0.3) is 0 Å². The molecule has 0 spiro atoms. The third kappa shape index (κ3) is 4.66. The summed E-state index contributed by atoms with van der Waals surface area (Å²) in [6, 6.07) is 11.6. The molecular formula is C16H21NO2S2. The van der Waals surface area contributed by atoms with E-state index in [1.807, 2.05) is 12.1 Å². The summed E-state index contributed by atoms with van der Waals surface area (Å²) in [5.41, 5.74) is 1.13. The van der Waals surface area contributed by atoms with E-state index in [1.54, 1.807) is 23.5 Å². The normalized spacial score (nSPS) is 13.2. The van der Waals surface area contributed by atoms with E-state index in [2.05, 4.69) is 29.8 Å². The average Bonchev–Trinajstić information content (AvgIpc) is 2.95. The van der Waals surface area contributed by atoms with Gasteiger partial charge in [0.05, 0.1) is 4.90 Å². The smallest absolute Gasteiger partial charge is 0.175 e. The van der Waals surface area contributed by atoms with Gasteiger partial charge in [0, 0.05) is 23.6 Å². The predicted molar refractivity (Wildman–Crippen MR) is 88.6 cm³/mol. The average molecular weight is 323 g/mol. The Bertz CT molecular complexity index is 646. The van der Waals surface area contributed by atoms with Crippen molar-refractivity contribution in [2.24, 2.45) is 0 Å². The highest BCUT2D eigenvalue weighted by Gasteiger charge is 2.14. The van der Waals surface area contributed by atoms with Crippen LogP contribution < -0.4 is 5.32 Å². The molecule has 2 rings (SSSR count). The molecule has 1 aromatic carbocycles. The molecule has 21 heavy (non-hydrogen) atoms. The highest BCUT2D eigenvalue weighted by atomic mass is 32.2. The number of nitrogens with one attached hydrogen (secondary N) is 1. The molecular weight excluding hydrogens is 302 g/mol. The van der Waals surface area contributed by atoms with Gasteiger partial charge < -0.3 is 5.32 Å². The molecule has 0 amide bonds. The van der Waals surface area contributed by atoms with Crippen molar-refractivity contribution in [3.8, 4) is 0 Å². The molecule has 3 nitrogen and oxygen atoms in total. The van der Waals surface area contributed by atoms with Crippen LogP contribution in [0.2, 0.25) is 0 Å². The highest BCUT2D eigenvalue weighted by Crippen LogP contribution is 2.22. The molecule has 2 aromatic rings. The Hall–Kier alpha value is -1.17. The fourth-order valence-corrected chi connectivity index (χ4v) is 3.59. The second-order valence-corrected chi connectivity index (χ2v) is 8.18. The van der Waals surface area contributed by atoms with Gasteiger partial charge in [-0.3, -0.25) is 0 Å². The Kier molecular flexibility index (Phi) is 5.56. The van der Waals surface area contributed by atoms with Crippen molar-refractivity contribution in [2.45, 2.75) is 30.7 Å². The van der Waals surface area contributed by atoms with Crippen molar-refractivity contribution in [2.75, 3.05) is 12.8 Å². The Morgan fingerprint density at radius 2 is 1.90 bits per heavy atom. The first-order valence-electron chi connectivity index (χ1n) is 7.06. The van der Waals surface area contributed by atoms with Gasteiger partial charge in [0.2, 0.25) is 0 Å². The van der Waals surface area contributed by atoms with Crippen molar-refractivity contribution < 1.29 is 8.42 Å². The second kappa shape index (κ2) is 7.20. The quantitative estimate of drug-likeness (QED) is 0.849. The summed E-state index contributed by atoms with van der Waals surface area (Å²) in [5, 5.41) is 5.62. The number of hydrogen-bond donors (Lipinski definition) is 1. The van der Waals surface area contributed by atoms with Crippen LogP contribution in [0.5, 0.6) is 0 Å². The maximum absolute atomic E-state index is 11.5. The lowest BCUT2D eigenvalue weighted by molar-refractivity contribution is 0.532. The van der Waals surface area contributed by atoms with Crippen LogP contribution in [0.1, 0.15) is 29.8 Å². The number of hydrogen-bond acceptors (Lipinski definition) is 4. The summed E-state index contributed by atoms with van der Waals surface area (Å²) in [7, 11) is -3.13. The summed E-state index contributed by atoms with van der Waals surface area (Å²) in [6.45, 7) is 3.09. The van der Waals surface area contributed by atoms with Crippen LogP contribution in [0.4, 0.5) is 0 Å². The van der Waals surface area contributed by atoms with Crippen LogP contribution in [0.25, 0.3) is 0 Å². The van der Waals surface area contributed by atoms with Crippen LogP contribution in [-0.4, -0.2) is 21.2 Å². The van der Waals surface area contributed by atoms with E-state index in [0.717, 1.165) is 24.9 Å². The Morgan fingerprint density at radius 1 is 1.19 bits per heavy atom. The minimum absolute atomic E-state index is 0.220. The first kappa shape index (κ1) is 16.2. The van der Waals surface area contributed by atoms with E-state index < -0.39 is 9.84 Å². The molecule has 5 heteroatoms. The lowest BCUT2D eigenvalue weighted by Crippen LogP contribution is -2.23. The summed E-state index contributed by atoms with van der Waals surface area (Å²) in [4.78, 5) is 1.70. The van der Waals surface area contributed by atoms with E-state index in [4.69, 9.17) is 0 Å². The van der Waals surface area contributed by atoms with E-state index in [0.29, 0.717) is 4.90 Å². The molecule has 0 bridgehead atoms. The summed E-state index contributed by atoms with van der Waals surface area (Å²) in [5.74, 6) is 0. The molecule has 0 aliphatic carbocycles. The fourth-order valence-electron chi connectivity index (χ4n) is 2.20. The number of benzene rings is 1. The van der Waals surface area contributed by atoms with Gasteiger partial charge in [-0.1, -0.05) is 25.1 Å². The highest BCUT2D eigenvalue weighted by molar-refractivity contribution is 7.90. The van der Waals surface area contributed by atoms with Crippen molar-refractivity contribution in [1.82, 2.24) is 5.32 Å². The largest absolute Gasteiger partial charge is 0.310 e. The second-order valence-electron chi connectivity index (χ2n) is 5.13. The lowest BCUT2D eigenvalue weighted by atomic mass is 10.0. The van der Waals surface area contributed by atoms with Crippen molar-refractivity contribution in [3.63, 3.8) is 0 Å². The maximum Gasteiger partial charge on any atom is 0.175 e. The molecule has 0 fully saturated rings. The molecule has 0 saturated carbocycles. The third-order valence-corrected chi connectivity index (χ3v) is 5.36. The zero-order valence-electron chi connectivity index (χ0n) is 12.4. The lowest BCUT2D eigenvalue weighted by Gasteiger charge is -2.18. The molecule has 0 aliphatic heterocycles. The topological polar surface area (TPSA) is 46.2 Å². The minimum Gasteiger partial charge on any atom is -0.310 e. The molecule has 1 aromatic heterocycles. The zero-order valence-corrected chi connectivity index (χ0v) is 14.0. The summed E-state index contributed by atoms with van der Waals surface area (Å²) < 4.78 is 23.1. The van der Waals surface area contributed by atoms with Gasteiger partial charge in [0.1, 0.15) is 0 Å². The maximum atomic E-state index is 11.5. The van der Waals surface area contributed by atoms with E-state index >= 15 is 0 Å². The van der Waals surface area contributed by atoms with Crippen molar-refractivity contribution in [3.05, 3.63) is 52.2 Å². The zero-order chi connectivity index (χ0) is 15.3. The van der Waals surface area contributed by atoms with Gasteiger partial charge in [0.15, 0.2) is 9.84 Å². The SMILES string of the molecule is CCCNC(Cc1cccs1)c1ccc(S(C)(=O)=O)cc1. The third-order valence-electron chi connectivity index (χ3n) is 3.34. The van der Waals surface area contributed by atoms with Crippen molar-refractivity contribution in [1.29, 1.82) is 0 Å². The van der Waals surface area contributed by atoms with Gasteiger partial charge in [-0.2, -0.15) is 0 Å². The van der Waals surface area contributed by atoms with E-state index in [9.17, 15) is 8.42 Å². The van der Waals surface area contributed by atoms with Crippen LogP contribution in [0.15, 0.2) is 46.7 Å². The Balaban J connectivity index is 2.19. The van der Waals surface area contributed by atoms with Crippen LogP contribution >= 0.6 is 11.3 Å². The molecule has 0 saturated heterocycles. The van der Waals surface area contributed by atoms with Gasteiger partial charge >= 0.3 is 0 Å². The van der Waals surface area contributed by atoms with E-state index in [1.165, 1.54) is 11.1 Å². The van der Waals surface area contributed by atoms with E-state index in [-0.39, 0.29) is 6.04 Å². The molecule has 0 radical (unpaired) electrons. The number of rotatable bonds is 7. The first-order valence-corrected chi connectivity index (χ1v) is 9.83. The monoisotopic (exact) mass is 323 g/mol. The number of sulfone groups is 1. The van der Waals surface area contributed by atoms with Crippen LogP contribution in [-0.2, 0) is 16.3 Å². The summed E-state index contributed by atoms with van der Waals surface area (Å²) in [6.07, 6.45) is 3.23. The van der Waals surface area contributed by atoms with Gasteiger partial charge in [-0.15, -0.1) is 11.3 Å². The summed E-state index contributed by atoms with van der Waals surface area (Å²) >= 11 is 1.75. The molecule has 114 valence electrons. The minimum atomic E-state index is -3.13. The molecule has 1 unspecified atom stereocenters. The van der Waals surface area contributed by atoms with Gasteiger partial charge in [-0.05, 0) is 42.1 Å². The Morgan fingerprint density at radius 3 is 2.43 bits per heavy atom. The number of thiophene rings is 1. The standard InChI is InChI=1S/C16H21NO2S2/c1-3-10-17-16(12-14-5-4-11-20-14)13-6-8-15(9-7-13)21(2,18)19/h4-9,11,16-17H,3,10,12H2,1-2H3. The van der Waals surface area contributed by atoms with Crippen LogP contribution in [0.3, 0.4) is 0 Å². The Labute approximate surface area is 130 Å². The molecule has 0 aliphatic rings. The van der Waals surface area contributed by atoms with Crippen molar-refractivity contribution >= 4 is 21.2 Å². The first-order chi connectivity index (χ1) is 10.0. The molecule has 1 heterocycles. The molecule has 1 N–H and O–H groups in total. The van der Waals surface area contributed by atoms with Crippen LogP contribution in [0, 0.1) is 0 Å².